The maximum atomic E-state index is 13.5. The molecule has 0 N–H and O–H groups in total. The van der Waals surface area contributed by atoms with E-state index in [-0.39, 0.29) is 17.4 Å². The van der Waals surface area contributed by atoms with Crippen molar-refractivity contribution in [2.75, 3.05) is 18.1 Å². The lowest BCUT2D eigenvalue weighted by Gasteiger charge is -2.28. The van der Waals surface area contributed by atoms with Gasteiger partial charge in [0.15, 0.2) is 9.84 Å². The second kappa shape index (κ2) is 8.74. The summed E-state index contributed by atoms with van der Waals surface area (Å²) >= 11 is 0. The van der Waals surface area contributed by atoms with Crippen LogP contribution in [0.4, 0.5) is 0 Å². The van der Waals surface area contributed by atoms with Gasteiger partial charge in [0.05, 0.1) is 22.5 Å². The Kier molecular flexibility index (Phi) is 6.33. The molecule has 0 fully saturated rings. The van der Waals surface area contributed by atoms with Crippen LogP contribution in [0.15, 0.2) is 60.7 Å². The van der Waals surface area contributed by atoms with E-state index >= 15 is 0 Å². The number of sulfone groups is 1. The summed E-state index contributed by atoms with van der Waals surface area (Å²) < 4.78 is 24.2. The third-order valence-electron chi connectivity index (χ3n) is 5.08. The number of hydrogen-bond acceptors (Lipinski definition) is 4. The predicted octanol–water partition coefficient (Wildman–Crippen LogP) is 4.19. The first kappa shape index (κ1) is 21.0. The quantitative estimate of drug-likeness (QED) is 0.586. The SMILES string of the molecule is CCN(C(=O)c1cc(-c2ccccc2)nc2ccccc12)C(C)CS(=O)(=O)CC. The van der Waals surface area contributed by atoms with Gasteiger partial charge in [-0.25, -0.2) is 13.4 Å². The molecule has 1 heterocycles. The van der Waals surface area contributed by atoms with Gasteiger partial charge in [0.2, 0.25) is 0 Å². The summed E-state index contributed by atoms with van der Waals surface area (Å²) in [4.78, 5) is 19.8. The maximum absolute atomic E-state index is 13.5. The van der Waals surface area contributed by atoms with Crippen LogP contribution >= 0.6 is 0 Å². The molecule has 1 unspecified atom stereocenters. The molecular formula is C23H26N2O3S. The molecule has 3 aromatic rings. The molecule has 3 rings (SSSR count). The van der Waals surface area contributed by atoms with Crippen LogP contribution in [-0.2, 0) is 9.84 Å². The first-order valence-electron chi connectivity index (χ1n) is 9.83. The Morgan fingerprint density at radius 2 is 1.69 bits per heavy atom. The average molecular weight is 411 g/mol. The molecule has 0 bridgehead atoms. The van der Waals surface area contributed by atoms with Crippen molar-refractivity contribution in [3.63, 3.8) is 0 Å². The fraction of sp³-hybridized carbons (Fsp3) is 0.304. The molecular weight excluding hydrogens is 384 g/mol. The maximum Gasteiger partial charge on any atom is 0.254 e. The van der Waals surface area contributed by atoms with Crippen LogP contribution in [0.2, 0.25) is 0 Å². The Morgan fingerprint density at radius 1 is 1.03 bits per heavy atom. The number of carbonyl (C=O) groups is 1. The van der Waals surface area contributed by atoms with Crippen LogP contribution in [0, 0.1) is 0 Å². The molecule has 6 heteroatoms. The Bertz CT molecular complexity index is 1110. The minimum atomic E-state index is -3.19. The van der Waals surface area contributed by atoms with Gasteiger partial charge in [-0.3, -0.25) is 4.79 Å². The van der Waals surface area contributed by atoms with Gasteiger partial charge in [-0.15, -0.1) is 0 Å². The summed E-state index contributed by atoms with van der Waals surface area (Å²) in [7, 11) is -3.19. The number of benzene rings is 2. The summed E-state index contributed by atoms with van der Waals surface area (Å²) in [5.74, 6) is -0.154. The van der Waals surface area contributed by atoms with E-state index in [9.17, 15) is 13.2 Å². The standard InChI is InChI=1S/C23H26N2O3S/c1-4-25(17(3)16-29(27,28)5-2)23(26)20-15-22(18-11-7-6-8-12-18)24-21-14-10-9-13-19(20)21/h6-15,17H,4-5,16H2,1-3H3. The van der Waals surface area contributed by atoms with E-state index in [1.54, 1.807) is 18.7 Å². The van der Waals surface area contributed by atoms with E-state index in [1.807, 2.05) is 67.6 Å². The van der Waals surface area contributed by atoms with Crippen molar-refractivity contribution in [1.82, 2.24) is 9.88 Å². The Hall–Kier alpha value is -2.73. The number of nitrogens with zero attached hydrogens (tertiary/aromatic N) is 2. The Morgan fingerprint density at radius 3 is 2.34 bits per heavy atom. The van der Waals surface area contributed by atoms with Crippen molar-refractivity contribution in [1.29, 1.82) is 0 Å². The molecule has 0 saturated heterocycles. The van der Waals surface area contributed by atoms with E-state index in [2.05, 4.69) is 0 Å². The van der Waals surface area contributed by atoms with Gasteiger partial charge >= 0.3 is 0 Å². The minimum absolute atomic E-state index is 0.0440. The molecule has 1 atom stereocenters. The van der Waals surface area contributed by atoms with Crippen molar-refractivity contribution in [3.05, 3.63) is 66.2 Å². The lowest BCUT2D eigenvalue weighted by molar-refractivity contribution is 0.0721. The molecule has 0 aliphatic carbocycles. The van der Waals surface area contributed by atoms with Gasteiger partial charge < -0.3 is 4.90 Å². The Labute approximate surface area is 172 Å². The predicted molar refractivity (Wildman–Crippen MR) is 118 cm³/mol. The number of pyridine rings is 1. The number of carbonyl (C=O) groups excluding carboxylic acids is 1. The summed E-state index contributed by atoms with van der Waals surface area (Å²) in [6.45, 7) is 5.71. The normalized spacial score (nSPS) is 12.7. The first-order chi connectivity index (χ1) is 13.9. The van der Waals surface area contributed by atoms with Gasteiger partial charge in [-0.05, 0) is 26.0 Å². The highest BCUT2D eigenvalue weighted by atomic mass is 32.2. The molecule has 2 aromatic carbocycles. The molecule has 0 spiro atoms. The number of para-hydroxylation sites is 1. The van der Waals surface area contributed by atoms with Gasteiger partial charge in [-0.2, -0.15) is 0 Å². The van der Waals surface area contributed by atoms with Crippen molar-refractivity contribution in [2.24, 2.45) is 0 Å². The van der Waals surface area contributed by atoms with Crippen molar-refractivity contribution < 1.29 is 13.2 Å². The number of hydrogen-bond donors (Lipinski definition) is 0. The van der Waals surface area contributed by atoms with Crippen molar-refractivity contribution in [2.45, 2.75) is 26.8 Å². The molecule has 5 nitrogen and oxygen atoms in total. The third kappa shape index (κ3) is 4.65. The molecule has 0 radical (unpaired) electrons. The molecule has 29 heavy (non-hydrogen) atoms. The highest BCUT2D eigenvalue weighted by molar-refractivity contribution is 7.91. The highest BCUT2D eigenvalue weighted by Gasteiger charge is 2.26. The van der Waals surface area contributed by atoms with E-state index in [1.165, 1.54) is 0 Å². The number of amides is 1. The minimum Gasteiger partial charge on any atom is -0.335 e. The monoisotopic (exact) mass is 410 g/mol. The summed E-state index contributed by atoms with van der Waals surface area (Å²) in [6.07, 6.45) is 0. The number of aromatic nitrogens is 1. The zero-order valence-electron chi connectivity index (χ0n) is 17.0. The molecule has 0 aliphatic heterocycles. The summed E-state index contributed by atoms with van der Waals surface area (Å²) in [6, 6.07) is 18.7. The first-order valence-corrected chi connectivity index (χ1v) is 11.6. The van der Waals surface area contributed by atoms with Crippen LogP contribution in [0.25, 0.3) is 22.2 Å². The molecule has 0 aliphatic rings. The second-order valence-electron chi connectivity index (χ2n) is 7.08. The summed E-state index contributed by atoms with van der Waals surface area (Å²) in [5.41, 5.74) is 2.92. The fourth-order valence-corrected chi connectivity index (χ4v) is 4.65. The van der Waals surface area contributed by atoms with E-state index in [0.717, 1.165) is 22.2 Å². The number of fused-ring (bicyclic) bond motifs is 1. The molecule has 152 valence electrons. The van der Waals surface area contributed by atoms with Gasteiger partial charge in [0, 0.05) is 29.3 Å². The average Bonchev–Trinajstić information content (AvgIpc) is 2.73. The van der Waals surface area contributed by atoms with Gasteiger partial charge in [-0.1, -0.05) is 55.5 Å². The largest absolute Gasteiger partial charge is 0.335 e. The summed E-state index contributed by atoms with van der Waals surface area (Å²) in [5, 5.41) is 0.765. The van der Waals surface area contributed by atoms with Crippen LogP contribution in [0.5, 0.6) is 0 Å². The number of rotatable bonds is 7. The van der Waals surface area contributed by atoms with E-state index < -0.39 is 15.9 Å². The zero-order chi connectivity index (χ0) is 21.0. The lowest BCUT2D eigenvalue weighted by atomic mass is 10.0. The van der Waals surface area contributed by atoms with Crippen LogP contribution in [-0.4, -0.2) is 48.3 Å². The topological polar surface area (TPSA) is 67.3 Å². The third-order valence-corrected chi connectivity index (χ3v) is 6.95. The lowest BCUT2D eigenvalue weighted by Crippen LogP contribution is -2.42. The Balaban J connectivity index is 2.08. The smallest absolute Gasteiger partial charge is 0.254 e. The highest BCUT2D eigenvalue weighted by Crippen LogP contribution is 2.26. The van der Waals surface area contributed by atoms with E-state index in [0.29, 0.717) is 12.1 Å². The molecule has 1 aromatic heterocycles. The molecule has 1 amide bonds. The van der Waals surface area contributed by atoms with E-state index in [4.69, 9.17) is 4.98 Å². The van der Waals surface area contributed by atoms with Crippen LogP contribution in [0.1, 0.15) is 31.1 Å². The van der Waals surface area contributed by atoms with Gasteiger partial charge in [0.25, 0.3) is 5.91 Å². The van der Waals surface area contributed by atoms with Crippen LogP contribution in [0.3, 0.4) is 0 Å². The second-order valence-corrected chi connectivity index (χ2v) is 9.48. The zero-order valence-corrected chi connectivity index (χ0v) is 17.8. The fourth-order valence-electron chi connectivity index (χ4n) is 3.49. The van der Waals surface area contributed by atoms with Crippen LogP contribution < -0.4 is 0 Å². The van der Waals surface area contributed by atoms with Crippen molar-refractivity contribution >= 4 is 26.6 Å². The van der Waals surface area contributed by atoms with Crippen molar-refractivity contribution in [3.8, 4) is 11.3 Å². The molecule has 0 saturated carbocycles. The van der Waals surface area contributed by atoms with Gasteiger partial charge in [0.1, 0.15) is 0 Å².